The molecule has 1 saturated carbocycles. The SMILES string of the molecule is CCCCCCC(NCCC)C1CCCC1(C)C. The van der Waals surface area contributed by atoms with Crippen LogP contribution in [0.15, 0.2) is 0 Å². The van der Waals surface area contributed by atoms with E-state index >= 15 is 0 Å². The van der Waals surface area contributed by atoms with Gasteiger partial charge in [-0.1, -0.05) is 59.8 Å². The van der Waals surface area contributed by atoms with E-state index in [2.05, 4.69) is 33.0 Å². The minimum Gasteiger partial charge on any atom is -0.314 e. The van der Waals surface area contributed by atoms with Gasteiger partial charge < -0.3 is 5.32 Å². The minimum atomic E-state index is 0.566. The van der Waals surface area contributed by atoms with Gasteiger partial charge in [-0.2, -0.15) is 0 Å². The zero-order chi connectivity index (χ0) is 13.4. The highest BCUT2D eigenvalue weighted by Gasteiger charge is 2.38. The summed E-state index contributed by atoms with van der Waals surface area (Å²) in [6.45, 7) is 10.7. The van der Waals surface area contributed by atoms with E-state index in [-0.39, 0.29) is 0 Å². The third-order valence-electron chi connectivity index (χ3n) is 4.85. The van der Waals surface area contributed by atoms with Crippen molar-refractivity contribution in [3.8, 4) is 0 Å². The van der Waals surface area contributed by atoms with Crippen molar-refractivity contribution in [2.24, 2.45) is 11.3 Å². The summed E-state index contributed by atoms with van der Waals surface area (Å²) in [5, 5.41) is 3.84. The van der Waals surface area contributed by atoms with E-state index in [0.29, 0.717) is 5.41 Å². The van der Waals surface area contributed by atoms with E-state index in [4.69, 9.17) is 0 Å². The Balaban J connectivity index is 2.43. The lowest BCUT2D eigenvalue weighted by molar-refractivity contribution is 0.187. The van der Waals surface area contributed by atoms with Crippen LogP contribution < -0.4 is 5.32 Å². The van der Waals surface area contributed by atoms with Gasteiger partial charge in [-0.05, 0) is 43.6 Å². The van der Waals surface area contributed by atoms with Crippen LogP contribution in [-0.2, 0) is 0 Å². The lowest BCUT2D eigenvalue weighted by Crippen LogP contribution is -2.41. The average Bonchev–Trinajstić information content (AvgIpc) is 2.68. The molecule has 108 valence electrons. The first kappa shape index (κ1) is 16.0. The van der Waals surface area contributed by atoms with Crippen LogP contribution in [-0.4, -0.2) is 12.6 Å². The summed E-state index contributed by atoms with van der Waals surface area (Å²) in [4.78, 5) is 0. The largest absolute Gasteiger partial charge is 0.314 e. The lowest BCUT2D eigenvalue weighted by Gasteiger charge is -2.35. The average molecular weight is 253 g/mol. The van der Waals surface area contributed by atoms with Gasteiger partial charge in [-0.3, -0.25) is 0 Å². The minimum absolute atomic E-state index is 0.566. The monoisotopic (exact) mass is 253 g/mol. The van der Waals surface area contributed by atoms with Crippen molar-refractivity contribution in [2.75, 3.05) is 6.54 Å². The molecular weight excluding hydrogens is 218 g/mol. The molecule has 2 unspecified atom stereocenters. The number of unbranched alkanes of at least 4 members (excludes halogenated alkanes) is 3. The topological polar surface area (TPSA) is 12.0 Å². The van der Waals surface area contributed by atoms with Gasteiger partial charge in [0.2, 0.25) is 0 Å². The molecule has 0 amide bonds. The second kappa shape index (κ2) is 8.19. The molecule has 0 bridgehead atoms. The fourth-order valence-corrected chi connectivity index (χ4v) is 3.67. The summed E-state index contributed by atoms with van der Waals surface area (Å²) in [6, 6.07) is 0.777. The second-order valence-corrected chi connectivity index (χ2v) is 6.90. The van der Waals surface area contributed by atoms with Gasteiger partial charge in [-0.25, -0.2) is 0 Å². The Morgan fingerprint density at radius 3 is 2.44 bits per heavy atom. The van der Waals surface area contributed by atoms with Crippen molar-refractivity contribution in [1.82, 2.24) is 5.32 Å². The number of hydrogen-bond donors (Lipinski definition) is 1. The zero-order valence-electron chi connectivity index (χ0n) is 13.2. The number of rotatable bonds is 9. The normalized spacial score (nSPS) is 24.3. The molecule has 0 aromatic carbocycles. The van der Waals surface area contributed by atoms with Crippen LogP contribution in [0, 0.1) is 11.3 Å². The highest BCUT2D eigenvalue weighted by molar-refractivity contribution is 4.92. The van der Waals surface area contributed by atoms with Gasteiger partial charge in [0.25, 0.3) is 0 Å². The standard InChI is InChI=1S/C17H35N/c1-5-7-8-9-12-16(18-14-6-2)15-11-10-13-17(15,3)4/h15-16,18H,5-14H2,1-4H3. The smallest absolute Gasteiger partial charge is 0.0100 e. The quantitative estimate of drug-likeness (QED) is 0.560. The molecule has 0 aromatic rings. The Morgan fingerprint density at radius 1 is 1.11 bits per heavy atom. The highest BCUT2D eigenvalue weighted by Crippen LogP contribution is 2.45. The van der Waals surface area contributed by atoms with Crippen molar-refractivity contribution in [2.45, 2.75) is 91.5 Å². The van der Waals surface area contributed by atoms with E-state index in [1.165, 1.54) is 64.3 Å². The van der Waals surface area contributed by atoms with Crippen molar-refractivity contribution < 1.29 is 0 Å². The van der Waals surface area contributed by atoms with Crippen LogP contribution >= 0.6 is 0 Å². The van der Waals surface area contributed by atoms with Crippen LogP contribution in [0.5, 0.6) is 0 Å². The molecule has 1 N–H and O–H groups in total. The maximum Gasteiger partial charge on any atom is 0.0100 e. The molecule has 0 heterocycles. The third kappa shape index (κ3) is 4.91. The van der Waals surface area contributed by atoms with Crippen LogP contribution in [0.3, 0.4) is 0 Å². The van der Waals surface area contributed by atoms with E-state index in [9.17, 15) is 0 Å². The summed E-state index contributed by atoms with van der Waals surface area (Å²) in [5.74, 6) is 0.908. The summed E-state index contributed by atoms with van der Waals surface area (Å²) in [7, 11) is 0. The Hall–Kier alpha value is -0.0400. The molecule has 0 aromatic heterocycles. The molecule has 1 fully saturated rings. The first-order valence-corrected chi connectivity index (χ1v) is 8.35. The first-order chi connectivity index (χ1) is 8.61. The molecular formula is C17H35N. The third-order valence-corrected chi connectivity index (χ3v) is 4.85. The van der Waals surface area contributed by atoms with Crippen LogP contribution in [0.1, 0.15) is 85.5 Å². The van der Waals surface area contributed by atoms with Gasteiger partial charge in [0, 0.05) is 6.04 Å². The van der Waals surface area contributed by atoms with Gasteiger partial charge in [0.1, 0.15) is 0 Å². The summed E-state index contributed by atoms with van der Waals surface area (Å²) >= 11 is 0. The predicted molar refractivity (Wildman–Crippen MR) is 82.0 cm³/mol. The maximum atomic E-state index is 3.84. The fraction of sp³-hybridized carbons (Fsp3) is 1.00. The van der Waals surface area contributed by atoms with Crippen molar-refractivity contribution in [3.63, 3.8) is 0 Å². The number of nitrogens with one attached hydrogen (secondary N) is 1. The molecule has 0 spiro atoms. The molecule has 2 atom stereocenters. The van der Waals surface area contributed by atoms with E-state index in [0.717, 1.165) is 12.0 Å². The van der Waals surface area contributed by atoms with Gasteiger partial charge in [0.15, 0.2) is 0 Å². The number of hydrogen-bond acceptors (Lipinski definition) is 1. The van der Waals surface area contributed by atoms with Crippen LogP contribution in [0.4, 0.5) is 0 Å². The predicted octanol–water partition coefficient (Wildman–Crippen LogP) is 5.15. The maximum absolute atomic E-state index is 3.84. The fourth-order valence-electron chi connectivity index (χ4n) is 3.67. The van der Waals surface area contributed by atoms with E-state index in [1.54, 1.807) is 0 Å². The molecule has 18 heavy (non-hydrogen) atoms. The van der Waals surface area contributed by atoms with Gasteiger partial charge in [-0.15, -0.1) is 0 Å². The molecule has 1 aliphatic carbocycles. The Morgan fingerprint density at radius 2 is 1.89 bits per heavy atom. The lowest BCUT2D eigenvalue weighted by atomic mass is 9.76. The van der Waals surface area contributed by atoms with E-state index < -0.39 is 0 Å². The Labute approximate surface area is 115 Å². The molecule has 1 heteroatoms. The molecule has 0 saturated heterocycles. The van der Waals surface area contributed by atoms with Crippen molar-refractivity contribution in [3.05, 3.63) is 0 Å². The van der Waals surface area contributed by atoms with Gasteiger partial charge in [0.05, 0.1) is 0 Å². The van der Waals surface area contributed by atoms with Crippen LogP contribution in [0.25, 0.3) is 0 Å². The first-order valence-electron chi connectivity index (χ1n) is 8.35. The van der Waals surface area contributed by atoms with Gasteiger partial charge >= 0.3 is 0 Å². The molecule has 1 rings (SSSR count). The van der Waals surface area contributed by atoms with E-state index in [1.807, 2.05) is 0 Å². The molecule has 0 aliphatic heterocycles. The zero-order valence-corrected chi connectivity index (χ0v) is 13.2. The highest BCUT2D eigenvalue weighted by atomic mass is 14.9. The van der Waals surface area contributed by atoms with Crippen molar-refractivity contribution >= 4 is 0 Å². The Bertz CT molecular complexity index is 210. The molecule has 0 radical (unpaired) electrons. The van der Waals surface area contributed by atoms with Crippen molar-refractivity contribution in [1.29, 1.82) is 0 Å². The summed E-state index contributed by atoms with van der Waals surface area (Å²) in [5.41, 5.74) is 0.566. The molecule has 1 aliphatic rings. The Kier molecular flexibility index (Phi) is 7.29. The second-order valence-electron chi connectivity index (χ2n) is 6.90. The summed E-state index contributed by atoms with van der Waals surface area (Å²) in [6.07, 6.45) is 12.6. The van der Waals surface area contributed by atoms with Crippen LogP contribution in [0.2, 0.25) is 0 Å². The molecule has 1 nitrogen and oxygen atoms in total. The summed E-state index contributed by atoms with van der Waals surface area (Å²) < 4.78 is 0.